The zero-order valence-electron chi connectivity index (χ0n) is 12.5. The van der Waals surface area contributed by atoms with Crippen molar-refractivity contribution in [3.05, 3.63) is 0 Å². The second-order valence-corrected chi connectivity index (χ2v) is 6.15. The lowest BCUT2D eigenvalue weighted by molar-refractivity contribution is -0.120. The highest BCUT2D eigenvalue weighted by molar-refractivity contribution is 5.78. The Bertz CT molecular complexity index is 307. The number of amides is 1. The Balaban J connectivity index is 2.24. The van der Waals surface area contributed by atoms with Gasteiger partial charge < -0.3 is 9.64 Å². The summed E-state index contributed by atoms with van der Waals surface area (Å²) < 4.78 is 5.31. The maximum Gasteiger partial charge on any atom is 0.409 e. The minimum absolute atomic E-state index is 0.0880. The fourth-order valence-corrected chi connectivity index (χ4v) is 2.33. The van der Waals surface area contributed by atoms with E-state index in [9.17, 15) is 9.59 Å². The molecule has 0 bridgehead atoms. The van der Waals surface area contributed by atoms with Crippen LogP contribution in [0.1, 0.15) is 59.3 Å². The van der Waals surface area contributed by atoms with Gasteiger partial charge in [0.2, 0.25) is 0 Å². The molecule has 0 unspecified atom stereocenters. The van der Waals surface area contributed by atoms with Crippen LogP contribution < -0.4 is 0 Å². The molecule has 0 radical (unpaired) electrons. The second-order valence-electron chi connectivity index (χ2n) is 6.15. The number of hydrogen-bond donors (Lipinski definition) is 0. The highest BCUT2D eigenvalue weighted by Gasteiger charge is 2.23. The Morgan fingerprint density at radius 2 is 1.79 bits per heavy atom. The van der Waals surface area contributed by atoms with E-state index in [4.69, 9.17) is 4.74 Å². The molecular formula is C15H27NO3. The summed E-state index contributed by atoms with van der Waals surface area (Å²) in [5.74, 6) is 0.271. The molecule has 1 aliphatic rings. The Labute approximate surface area is 116 Å². The van der Waals surface area contributed by atoms with Crippen LogP contribution in [0.2, 0.25) is 0 Å². The van der Waals surface area contributed by atoms with Gasteiger partial charge in [0.15, 0.2) is 0 Å². The van der Waals surface area contributed by atoms with Crippen LogP contribution in [-0.4, -0.2) is 36.5 Å². The van der Waals surface area contributed by atoms with Gasteiger partial charge in [0.1, 0.15) is 5.78 Å². The van der Waals surface area contributed by atoms with Gasteiger partial charge in [0.25, 0.3) is 0 Å². The van der Waals surface area contributed by atoms with E-state index < -0.39 is 0 Å². The van der Waals surface area contributed by atoms with Crippen LogP contribution in [0.3, 0.4) is 0 Å². The molecule has 1 aliphatic heterocycles. The average molecular weight is 269 g/mol. The number of nitrogens with zero attached hydrogens (tertiary/aromatic N) is 1. The molecule has 0 saturated carbocycles. The molecule has 0 N–H and O–H groups in total. The first kappa shape index (κ1) is 16.0. The van der Waals surface area contributed by atoms with E-state index in [0.29, 0.717) is 19.4 Å². The normalized spacial score (nSPS) is 16.3. The van der Waals surface area contributed by atoms with Crippen molar-refractivity contribution in [1.29, 1.82) is 0 Å². The van der Waals surface area contributed by atoms with Crippen LogP contribution in [0.15, 0.2) is 0 Å². The third kappa shape index (κ3) is 6.08. The topological polar surface area (TPSA) is 46.6 Å². The number of carbonyl (C=O) groups is 2. The van der Waals surface area contributed by atoms with Crippen LogP contribution in [0.25, 0.3) is 0 Å². The molecular weight excluding hydrogens is 242 g/mol. The van der Waals surface area contributed by atoms with Crippen molar-refractivity contribution in [2.24, 2.45) is 5.41 Å². The molecule has 1 heterocycles. The van der Waals surface area contributed by atoms with Crippen molar-refractivity contribution in [2.45, 2.75) is 59.3 Å². The fraction of sp³-hybridized carbons (Fsp3) is 0.867. The van der Waals surface area contributed by atoms with Gasteiger partial charge in [0.05, 0.1) is 6.61 Å². The molecule has 1 saturated heterocycles. The first-order chi connectivity index (χ1) is 8.94. The molecule has 0 aromatic rings. The maximum atomic E-state index is 11.8. The van der Waals surface area contributed by atoms with Crippen molar-refractivity contribution < 1.29 is 14.3 Å². The van der Waals surface area contributed by atoms with Gasteiger partial charge in [-0.3, -0.25) is 4.79 Å². The van der Waals surface area contributed by atoms with E-state index in [-0.39, 0.29) is 17.3 Å². The summed E-state index contributed by atoms with van der Waals surface area (Å²) >= 11 is 0. The first-order valence-electron chi connectivity index (χ1n) is 7.38. The fourth-order valence-electron chi connectivity index (χ4n) is 2.33. The minimum Gasteiger partial charge on any atom is -0.449 e. The van der Waals surface area contributed by atoms with Gasteiger partial charge in [-0.1, -0.05) is 20.8 Å². The Hall–Kier alpha value is -1.06. The predicted octanol–water partition coefficient (Wildman–Crippen LogP) is 3.39. The van der Waals surface area contributed by atoms with Crippen molar-refractivity contribution in [3.63, 3.8) is 0 Å². The number of likely N-dealkylation sites (tertiary alicyclic amines) is 1. The zero-order chi connectivity index (χ0) is 14.3. The van der Waals surface area contributed by atoms with Gasteiger partial charge in [-0.05, 0) is 31.1 Å². The Kier molecular flexibility index (Phi) is 6.32. The van der Waals surface area contributed by atoms with Crippen LogP contribution in [0.4, 0.5) is 4.79 Å². The van der Waals surface area contributed by atoms with Gasteiger partial charge in [-0.2, -0.15) is 0 Å². The molecule has 0 spiro atoms. The van der Waals surface area contributed by atoms with E-state index in [1.807, 2.05) is 6.92 Å². The minimum atomic E-state index is -0.197. The molecule has 4 nitrogen and oxygen atoms in total. The van der Waals surface area contributed by atoms with E-state index in [1.165, 1.54) is 6.42 Å². The average Bonchev–Trinajstić information content (AvgIpc) is 2.38. The standard InChI is InChI=1S/C15H27NO3/c1-4-13(17)12-15(2,3)8-11-19-14(18)16-9-6-5-7-10-16/h4-12H2,1-3H3. The van der Waals surface area contributed by atoms with Crippen LogP contribution in [0.5, 0.6) is 0 Å². The summed E-state index contributed by atoms with van der Waals surface area (Å²) in [4.78, 5) is 25.0. The zero-order valence-corrected chi connectivity index (χ0v) is 12.5. The summed E-state index contributed by atoms with van der Waals surface area (Å²) in [6.45, 7) is 8.02. The quantitative estimate of drug-likeness (QED) is 0.742. The van der Waals surface area contributed by atoms with Crippen LogP contribution in [-0.2, 0) is 9.53 Å². The van der Waals surface area contributed by atoms with Gasteiger partial charge in [-0.25, -0.2) is 4.79 Å². The van der Waals surface area contributed by atoms with Crippen LogP contribution in [0, 0.1) is 5.41 Å². The van der Waals surface area contributed by atoms with Crippen molar-refractivity contribution in [3.8, 4) is 0 Å². The molecule has 1 fully saturated rings. The van der Waals surface area contributed by atoms with Crippen molar-refractivity contribution in [2.75, 3.05) is 19.7 Å². The number of Topliss-reactive ketones (excluding diaryl/α,β-unsaturated/α-hetero) is 1. The highest BCUT2D eigenvalue weighted by atomic mass is 16.6. The number of carbonyl (C=O) groups excluding carboxylic acids is 2. The number of ether oxygens (including phenoxy) is 1. The maximum absolute atomic E-state index is 11.8. The molecule has 1 amide bonds. The van der Waals surface area contributed by atoms with Crippen LogP contribution >= 0.6 is 0 Å². The number of ketones is 1. The molecule has 110 valence electrons. The molecule has 1 rings (SSSR count). The number of rotatable bonds is 6. The molecule has 4 heteroatoms. The van der Waals surface area contributed by atoms with E-state index in [2.05, 4.69) is 13.8 Å². The monoisotopic (exact) mass is 269 g/mol. The van der Waals surface area contributed by atoms with Crippen molar-refractivity contribution >= 4 is 11.9 Å². The predicted molar refractivity (Wildman–Crippen MR) is 75.1 cm³/mol. The number of hydrogen-bond acceptors (Lipinski definition) is 3. The van der Waals surface area contributed by atoms with Gasteiger partial charge in [0, 0.05) is 25.9 Å². The highest BCUT2D eigenvalue weighted by Crippen LogP contribution is 2.26. The second kappa shape index (κ2) is 7.51. The molecule has 0 atom stereocenters. The van der Waals surface area contributed by atoms with Gasteiger partial charge in [-0.15, -0.1) is 0 Å². The van der Waals surface area contributed by atoms with Gasteiger partial charge >= 0.3 is 6.09 Å². The van der Waals surface area contributed by atoms with E-state index >= 15 is 0 Å². The Morgan fingerprint density at radius 1 is 1.16 bits per heavy atom. The lowest BCUT2D eigenvalue weighted by atomic mass is 9.84. The summed E-state index contributed by atoms with van der Waals surface area (Å²) in [7, 11) is 0. The SMILES string of the molecule is CCC(=O)CC(C)(C)CCOC(=O)N1CCCCC1. The molecule has 0 aromatic carbocycles. The lowest BCUT2D eigenvalue weighted by Crippen LogP contribution is -2.36. The van der Waals surface area contributed by atoms with E-state index in [1.54, 1.807) is 4.90 Å². The Morgan fingerprint density at radius 3 is 2.37 bits per heavy atom. The van der Waals surface area contributed by atoms with E-state index in [0.717, 1.165) is 32.4 Å². The smallest absolute Gasteiger partial charge is 0.409 e. The largest absolute Gasteiger partial charge is 0.449 e. The third-order valence-electron chi connectivity index (χ3n) is 3.69. The summed E-state index contributed by atoms with van der Waals surface area (Å²) in [5, 5.41) is 0. The summed E-state index contributed by atoms with van der Waals surface area (Å²) in [6, 6.07) is 0. The molecule has 0 aromatic heterocycles. The number of piperidine rings is 1. The molecule has 0 aliphatic carbocycles. The van der Waals surface area contributed by atoms with Crippen molar-refractivity contribution in [1.82, 2.24) is 4.90 Å². The summed E-state index contributed by atoms with van der Waals surface area (Å²) in [6.07, 6.45) is 5.03. The third-order valence-corrected chi connectivity index (χ3v) is 3.69. The summed E-state index contributed by atoms with van der Waals surface area (Å²) in [5.41, 5.74) is -0.0880. The molecule has 19 heavy (non-hydrogen) atoms. The first-order valence-corrected chi connectivity index (χ1v) is 7.38. The lowest BCUT2D eigenvalue weighted by Gasteiger charge is -2.27.